The lowest BCUT2D eigenvalue weighted by Crippen LogP contribution is -2.37. The summed E-state index contributed by atoms with van der Waals surface area (Å²) in [5, 5.41) is 0.832. The van der Waals surface area contributed by atoms with Gasteiger partial charge in [-0.1, -0.05) is 50.2 Å². The van der Waals surface area contributed by atoms with Gasteiger partial charge in [-0.3, -0.25) is 9.78 Å². The zero-order chi connectivity index (χ0) is 29.0. The van der Waals surface area contributed by atoms with Crippen LogP contribution in [0.2, 0.25) is 0 Å². The Kier molecular flexibility index (Phi) is 8.47. The molecular formula is C32H35FN4O3. The van der Waals surface area contributed by atoms with Crippen molar-refractivity contribution in [2.24, 2.45) is 5.92 Å². The highest BCUT2D eigenvalue weighted by molar-refractivity contribution is 5.98. The van der Waals surface area contributed by atoms with Crippen LogP contribution in [0.25, 0.3) is 10.9 Å². The molecule has 208 valence electrons. The third kappa shape index (κ3) is 6.28. The van der Waals surface area contributed by atoms with E-state index in [2.05, 4.69) is 9.97 Å². The standard InChI is InChI=1S/C32H35FN4O3/c1-20(2)18-37(30(38)24-11-13-28-25(16-24)15-21(3)29(34)36-28)22(4)27-14-12-26(17-35-27)32(5,33)31(39)40-19-23-9-7-6-8-10-23/h6-17,20,22H,18-19H2,1-5H3,(H2,34,36)/t22-,32?/m1/s1. The molecule has 4 aromatic rings. The second-order valence-corrected chi connectivity index (χ2v) is 10.7. The van der Waals surface area contributed by atoms with Gasteiger partial charge in [0.2, 0.25) is 5.67 Å². The van der Waals surface area contributed by atoms with E-state index < -0.39 is 17.7 Å². The molecule has 7 nitrogen and oxygen atoms in total. The van der Waals surface area contributed by atoms with Crippen LogP contribution in [-0.4, -0.2) is 33.3 Å². The summed E-state index contributed by atoms with van der Waals surface area (Å²) >= 11 is 0. The third-order valence-electron chi connectivity index (χ3n) is 6.93. The normalized spacial score (nSPS) is 13.6. The number of nitrogen functional groups attached to an aromatic ring is 1. The average molecular weight is 543 g/mol. The van der Waals surface area contributed by atoms with Gasteiger partial charge in [0.05, 0.1) is 17.3 Å². The van der Waals surface area contributed by atoms with Crippen LogP contribution in [0.15, 0.2) is 72.9 Å². The first kappa shape index (κ1) is 28.7. The van der Waals surface area contributed by atoms with Crippen molar-refractivity contribution in [1.82, 2.24) is 14.9 Å². The van der Waals surface area contributed by atoms with Crippen molar-refractivity contribution >= 4 is 28.6 Å². The monoisotopic (exact) mass is 542 g/mol. The van der Waals surface area contributed by atoms with Crippen LogP contribution in [0.3, 0.4) is 0 Å². The number of nitrogens with zero attached hydrogens (tertiary/aromatic N) is 3. The van der Waals surface area contributed by atoms with Crippen molar-refractivity contribution in [2.75, 3.05) is 12.3 Å². The molecule has 40 heavy (non-hydrogen) atoms. The number of alkyl halides is 1. The van der Waals surface area contributed by atoms with E-state index in [0.717, 1.165) is 22.0 Å². The van der Waals surface area contributed by atoms with E-state index >= 15 is 4.39 Å². The van der Waals surface area contributed by atoms with Crippen molar-refractivity contribution in [1.29, 1.82) is 0 Å². The molecule has 4 rings (SSSR count). The van der Waals surface area contributed by atoms with Crippen LogP contribution in [-0.2, 0) is 21.8 Å². The van der Waals surface area contributed by atoms with E-state index in [0.29, 0.717) is 23.6 Å². The number of aryl methyl sites for hydroxylation is 1. The van der Waals surface area contributed by atoms with Gasteiger partial charge >= 0.3 is 5.97 Å². The van der Waals surface area contributed by atoms with Gasteiger partial charge in [0.1, 0.15) is 12.4 Å². The van der Waals surface area contributed by atoms with Gasteiger partial charge in [0.15, 0.2) is 0 Å². The average Bonchev–Trinajstić information content (AvgIpc) is 2.94. The number of aromatic nitrogens is 2. The molecule has 2 aromatic carbocycles. The van der Waals surface area contributed by atoms with Crippen LogP contribution in [0.5, 0.6) is 0 Å². The molecule has 0 aliphatic rings. The van der Waals surface area contributed by atoms with Crippen LogP contribution in [0.1, 0.15) is 66.5 Å². The topological polar surface area (TPSA) is 98.4 Å². The number of carbonyl (C=O) groups excluding carboxylic acids is 2. The van der Waals surface area contributed by atoms with Crippen molar-refractivity contribution in [3.8, 4) is 0 Å². The number of hydrogen-bond donors (Lipinski definition) is 1. The lowest BCUT2D eigenvalue weighted by atomic mass is 9.98. The minimum Gasteiger partial charge on any atom is -0.458 e. The highest BCUT2D eigenvalue weighted by Crippen LogP contribution is 2.30. The van der Waals surface area contributed by atoms with E-state index in [9.17, 15) is 9.59 Å². The first-order valence-electron chi connectivity index (χ1n) is 13.3. The Hall–Kier alpha value is -4.33. The Balaban J connectivity index is 1.54. The molecule has 0 fully saturated rings. The minimum absolute atomic E-state index is 0.0220. The summed E-state index contributed by atoms with van der Waals surface area (Å²) in [6.45, 7) is 9.48. The number of rotatable bonds is 9. The van der Waals surface area contributed by atoms with Crippen molar-refractivity contribution in [3.05, 3.63) is 101 Å². The number of halogens is 1. The predicted molar refractivity (Wildman–Crippen MR) is 154 cm³/mol. The zero-order valence-corrected chi connectivity index (χ0v) is 23.5. The zero-order valence-electron chi connectivity index (χ0n) is 23.5. The number of carbonyl (C=O) groups is 2. The maximum absolute atomic E-state index is 15.5. The summed E-state index contributed by atoms with van der Waals surface area (Å²) in [5.74, 6) is -0.477. The number of nitrogens with two attached hydrogens (primary N) is 1. The summed E-state index contributed by atoms with van der Waals surface area (Å²) < 4.78 is 20.7. The molecule has 2 aromatic heterocycles. The largest absolute Gasteiger partial charge is 0.458 e. The highest BCUT2D eigenvalue weighted by Gasteiger charge is 2.38. The molecule has 8 heteroatoms. The van der Waals surface area contributed by atoms with Crippen LogP contribution >= 0.6 is 0 Å². The summed E-state index contributed by atoms with van der Waals surface area (Å²) in [4.78, 5) is 36.9. The van der Waals surface area contributed by atoms with E-state index in [1.54, 1.807) is 35.2 Å². The summed E-state index contributed by atoms with van der Waals surface area (Å²) in [5.41, 5.74) is 7.09. The second kappa shape index (κ2) is 11.8. The molecule has 0 aliphatic heterocycles. The van der Waals surface area contributed by atoms with Crippen molar-refractivity contribution < 1.29 is 18.7 Å². The van der Waals surface area contributed by atoms with E-state index in [4.69, 9.17) is 10.5 Å². The molecule has 1 unspecified atom stereocenters. The molecular weight excluding hydrogens is 507 g/mol. The predicted octanol–water partition coefficient (Wildman–Crippen LogP) is 6.31. The first-order valence-corrected chi connectivity index (χ1v) is 13.3. The lowest BCUT2D eigenvalue weighted by molar-refractivity contribution is -0.158. The molecule has 0 radical (unpaired) electrons. The number of anilines is 1. The molecule has 2 atom stereocenters. The van der Waals surface area contributed by atoms with Gasteiger partial charge in [0, 0.05) is 29.3 Å². The maximum atomic E-state index is 15.5. The number of amides is 1. The van der Waals surface area contributed by atoms with E-state index in [1.165, 1.54) is 19.2 Å². The molecule has 1 amide bonds. The minimum atomic E-state index is -2.38. The van der Waals surface area contributed by atoms with Crippen LogP contribution in [0.4, 0.5) is 10.2 Å². The Morgan fingerprint density at radius 2 is 1.77 bits per heavy atom. The number of pyridine rings is 2. The van der Waals surface area contributed by atoms with Gasteiger partial charge in [-0.15, -0.1) is 0 Å². The fourth-order valence-electron chi connectivity index (χ4n) is 4.47. The number of hydrogen-bond acceptors (Lipinski definition) is 6. The number of fused-ring (bicyclic) bond motifs is 1. The molecule has 0 saturated carbocycles. The van der Waals surface area contributed by atoms with Crippen LogP contribution in [0, 0.1) is 12.8 Å². The number of ether oxygens (including phenoxy) is 1. The van der Waals surface area contributed by atoms with Crippen LogP contribution < -0.4 is 5.73 Å². The SMILES string of the molecule is Cc1cc2cc(C(=O)N(CC(C)C)[C@H](C)c3ccc(C(C)(F)C(=O)OCc4ccccc4)cn3)ccc2nc1N. The van der Waals surface area contributed by atoms with Gasteiger partial charge in [-0.05, 0) is 68.1 Å². The van der Waals surface area contributed by atoms with Crippen molar-refractivity contribution in [3.63, 3.8) is 0 Å². The molecule has 0 saturated heterocycles. The molecule has 0 aliphatic carbocycles. The Labute approximate surface area is 234 Å². The molecule has 0 bridgehead atoms. The van der Waals surface area contributed by atoms with Gasteiger partial charge in [0.25, 0.3) is 5.91 Å². The summed E-state index contributed by atoms with van der Waals surface area (Å²) in [7, 11) is 0. The van der Waals surface area contributed by atoms with Crippen molar-refractivity contribution in [2.45, 2.75) is 52.9 Å². The summed E-state index contributed by atoms with van der Waals surface area (Å²) in [6.07, 6.45) is 1.34. The Bertz CT molecular complexity index is 1500. The lowest BCUT2D eigenvalue weighted by Gasteiger charge is -2.31. The summed E-state index contributed by atoms with van der Waals surface area (Å²) in [6, 6.07) is 19.2. The van der Waals surface area contributed by atoms with Gasteiger partial charge in [-0.25, -0.2) is 14.2 Å². The van der Waals surface area contributed by atoms with Gasteiger partial charge in [-0.2, -0.15) is 0 Å². The molecule has 2 heterocycles. The quantitative estimate of drug-likeness (QED) is 0.249. The third-order valence-corrected chi connectivity index (χ3v) is 6.93. The Morgan fingerprint density at radius 1 is 1.05 bits per heavy atom. The Morgan fingerprint density at radius 3 is 2.42 bits per heavy atom. The van der Waals surface area contributed by atoms with Gasteiger partial charge < -0.3 is 15.4 Å². The second-order valence-electron chi connectivity index (χ2n) is 10.7. The molecule has 2 N–H and O–H groups in total. The fourth-order valence-corrected chi connectivity index (χ4v) is 4.47. The number of benzene rings is 2. The maximum Gasteiger partial charge on any atom is 0.348 e. The van der Waals surface area contributed by atoms with E-state index in [1.807, 2.05) is 58.0 Å². The fraction of sp³-hybridized carbons (Fsp3) is 0.312. The van der Waals surface area contributed by atoms with E-state index in [-0.39, 0.29) is 24.0 Å². The molecule has 0 spiro atoms. The smallest absolute Gasteiger partial charge is 0.348 e. The highest BCUT2D eigenvalue weighted by atomic mass is 19.1. The number of esters is 1. The first-order chi connectivity index (χ1) is 19.0.